The van der Waals surface area contributed by atoms with Gasteiger partial charge in [-0.2, -0.15) is 0 Å². The number of nitrogens with zero attached hydrogens (tertiary/aromatic N) is 1. The molecule has 0 aromatic carbocycles. The van der Waals surface area contributed by atoms with Crippen molar-refractivity contribution in [3.8, 4) is 0 Å². The number of hydrogen-bond acceptors (Lipinski definition) is 3. The number of rotatable bonds is 5. The van der Waals surface area contributed by atoms with Crippen LogP contribution < -0.4 is 0 Å². The fraction of sp³-hybridized carbons (Fsp3) is 0.889. The van der Waals surface area contributed by atoms with Crippen LogP contribution in [-0.2, 0) is 9.53 Å². The molecule has 1 fully saturated rings. The minimum Gasteiger partial charge on any atom is -0.480 e. The van der Waals surface area contributed by atoms with E-state index in [4.69, 9.17) is 9.84 Å². The molecule has 13 heavy (non-hydrogen) atoms. The van der Waals surface area contributed by atoms with Crippen molar-refractivity contribution >= 4 is 5.97 Å². The second-order valence-corrected chi connectivity index (χ2v) is 3.38. The summed E-state index contributed by atoms with van der Waals surface area (Å²) < 4.78 is 4.92. The Labute approximate surface area is 78.5 Å². The molecule has 1 atom stereocenters. The number of methoxy groups -OCH3 is 1. The Morgan fingerprint density at radius 1 is 1.69 bits per heavy atom. The normalized spacial score (nSPS) is 23.6. The molecule has 4 heteroatoms. The summed E-state index contributed by atoms with van der Waals surface area (Å²) in [5.41, 5.74) is 0. The first-order chi connectivity index (χ1) is 6.25. The maximum Gasteiger partial charge on any atom is 0.320 e. The van der Waals surface area contributed by atoms with Crippen molar-refractivity contribution in [2.45, 2.75) is 25.3 Å². The number of carboxylic acid groups (broad SMARTS) is 1. The zero-order valence-corrected chi connectivity index (χ0v) is 8.03. The molecule has 1 unspecified atom stereocenters. The lowest BCUT2D eigenvalue weighted by Gasteiger charge is -2.20. The molecule has 1 saturated heterocycles. The van der Waals surface area contributed by atoms with Crippen molar-refractivity contribution in [3.05, 3.63) is 0 Å². The minimum atomic E-state index is -0.685. The molecule has 0 radical (unpaired) electrons. The molecule has 1 aliphatic rings. The predicted molar refractivity (Wildman–Crippen MR) is 48.7 cm³/mol. The third kappa shape index (κ3) is 2.97. The van der Waals surface area contributed by atoms with Crippen LogP contribution in [0.5, 0.6) is 0 Å². The van der Waals surface area contributed by atoms with Crippen LogP contribution in [-0.4, -0.2) is 48.8 Å². The van der Waals surface area contributed by atoms with Crippen molar-refractivity contribution in [3.63, 3.8) is 0 Å². The zero-order valence-electron chi connectivity index (χ0n) is 8.03. The second kappa shape index (κ2) is 5.19. The quantitative estimate of drug-likeness (QED) is 0.639. The van der Waals surface area contributed by atoms with Crippen LogP contribution in [0, 0.1) is 0 Å². The molecule has 1 heterocycles. The van der Waals surface area contributed by atoms with E-state index in [0.717, 1.165) is 32.4 Å². The first-order valence-electron chi connectivity index (χ1n) is 4.71. The van der Waals surface area contributed by atoms with Gasteiger partial charge in [-0.1, -0.05) is 0 Å². The molecule has 76 valence electrons. The van der Waals surface area contributed by atoms with Gasteiger partial charge in [0.05, 0.1) is 0 Å². The number of aliphatic carboxylic acids is 1. The van der Waals surface area contributed by atoms with Gasteiger partial charge in [-0.05, 0) is 25.8 Å². The van der Waals surface area contributed by atoms with Crippen LogP contribution in [0.3, 0.4) is 0 Å². The van der Waals surface area contributed by atoms with Gasteiger partial charge < -0.3 is 9.84 Å². The Bertz CT molecular complexity index is 172. The number of ether oxygens (including phenoxy) is 1. The Morgan fingerprint density at radius 3 is 3.08 bits per heavy atom. The van der Waals surface area contributed by atoms with Crippen molar-refractivity contribution in [2.75, 3.05) is 26.8 Å². The SMILES string of the molecule is COCCCN1CCCC1C(=O)O. The van der Waals surface area contributed by atoms with Crippen molar-refractivity contribution in [2.24, 2.45) is 0 Å². The van der Waals surface area contributed by atoms with E-state index in [2.05, 4.69) is 0 Å². The van der Waals surface area contributed by atoms with Gasteiger partial charge >= 0.3 is 5.97 Å². The maximum absolute atomic E-state index is 10.8. The van der Waals surface area contributed by atoms with Gasteiger partial charge in [0, 0.05) is 20.3 Å². The van der Waals surface area contributed by atoms with Crippen molar-refractivity contribution in [1.29, 1.82) is 0 Å². The summed E-state index contributed by atoms with van der Waals surface area (Å²) in [6.45, 7) is 2.47. The van der Waals surface area contributed by atoms with Crippen LogP contribution in [0.1, 0.15) is 19.3 Å². The Morgan fingerprint density at radius 2 is 2.46 bits per heavy atom. The smallest absolute Gasteiger partial charge is 0.320 e. The third-order valence-corrected chi connectivity index (χ3v) is 2.44. The lowest BCUT2D eigenvalue weighted by Crippen LogP contribution is -2.36. The standard InChI is InChI=1S/C9H17NO3/c1-13-7-3-6-10-5-2-4-8(10)9(11)12/h8H,2-7H2,1H3,(H,11,12). The molecule has 0 spiro atoms. The molecule has 1 N–H and O–H groups in total. The van der Waals surface area contributed by atoms with Gasteiger partial charge in [-0.15, -0.1) is 0 Å². The molecule has 0 aliphatic carbocycles. The van der Waals surface area contributed by atoms with Crippen molar-refractivity contribution < 1.29 is 14.6 Å². The average molecular weight is 187 g/mol. The third-order valence-electron chi connectivity index (χ3n) is 2.44. The summed E-state index contributed by atoms with van der Waals surface area (Å²) in [6.07, 6.45) is 2.71. The number of carboxylic acids is 1. The first-order valence-corrected chi connectivity index (χ1v) is 4.71. The van der Waals surface area contributed by atoms with Gasteiger partial charge in [-0.25, -0.2) is 0 Å². The van der Waals surface area contributed by atoms with Gasteiger partial charge in [-0.3, -0.25) is 9.69 Å². The van der Waals surface area contributed by atoms with E-state index in [9.17, 15) is 4.79 Å². The van der Waals surface area contributed by atoms with Crippen LogP contribution in [0.15, 0.2) is 0 Å². The van der Waals surface area contributed by atoms with E-state index in [1.54, 1.807) is 7.11 Å². The van der Waals surface area contributed by atoms with E-state index in [1.165, 1.54) is 0 Å². The summed E-state index contributed by atoms with van der Waals surface area (Å²) in [7, 11) is 1.67. The number of likely N-dealkylation sites (tertiary alicyclic amines) is 1. The lowest BCUT2D eigenvalue weighted by atomic mass is 10.2. The van der Waals surface area contributed by atoms with Gasteiger partial charge in [0.15, 0.2) is 0 Å². The summed E-state index contributed by atoms with van der Waals surface area (Å²) in [4.78, 5) is 12.8. The highest BCUT2D eigenvalue weighted by atomic mass is 16.5. The average Bonchev–Trinajstić information content (AvgIpc) is 2.53. The van der Waals surface area contributed by atoms with Crippen molar-refractivity contribution in [1.82, 2.24) is 4.90 Å². The highest BCUT2D eigenvalue weighted by Gasteiger charge is 2.29. The topological polar surface area (TPSA) is 49.8 Å². The van der Waals surface area contributed by atoms with E-state index in [-0.39, 0.29) is 6.04 Å². The fourth-order valence-corrected chi connectivity index (χ4v) is 1.79. The summed E-state index contributed by atoms with van der Waals surface area (Å²) in [5.74, 6) is -0.685. The van der Waals surface area contributed by atoms with E-state index in [0.29, 0.717) is 6.61 Å². The molecular formula is C9H17NO3. The number of hydrogen-bond donors (Lipinski definition) is 1. The maximum atomic E-state index is 10.8. The summed E-state index contributed by atoms with van der Waals surface area (Å²) in [6, 6.07) is -0.253. The van der Waals surface area contributed by atoms with Crippen LogP contribution in [0.25, 0.3) is 0 Å². The molecule has 0 aromatic rings. The molecule has 1 aliphatic heterocycles. The summed E-state index contributed by atoms with van der Waals surface area (Å²) in [5, 5.41) is 8.87. The minimum absolute atomic E-state index is 0.253. The monoisotopic (exact) mass is 187 g/mol. The highest BCUT2D eigenvalue weighted by Crippen LogP contribution is 2.17. The van der Waals surface area contributed by atoms with Gasteiger partial charge in [0.1, 0.15) is 6.04 Å². The Kier molecular flexibility index (Phi) is 4.18. The van der Waals surface area contributed by atoms with E-state index in [1.807, 2.05) is 4.90 Å². The number of carbonyl (C=O) groups is 1. The van der Waals surface area contributed by atoms with E-state index < -0.39 is 5.97 Å². The van der Waals surface area contributed by atoms with Crippen LogP contribution >= 0.6 is 0 Å². The molecule has 1 rings (SSSR count). The molecule has 0 bridgehead atoms. The van der Waals surface area contributed by atoms with E-state index >= 15 is 0 Å². The van der Waals surface area contributed by atoms with Crippen LogP contribution in [0.4, 0.5) is 0 Å². The Hall–Kier alpha value is -0.610. The fourth-order valence-electron chi connectivity index (χ4n) is 1.79. The molecule has 0 aromatic heterocycles. The Balaban J connectivity index is 2.27. The largest absolute Gasteiger partial charge is 0.480 e. The first kappa shape index (κ1) is 10.5. The van der Waals surface area contributed by atoms with Crippen LogP contribution in [0.2, 0.25) is 0 Å². The molecule has 0 amide bonds. The highest BCUT2D eigenvalue weighted by molar-refractivity contribution is 5.73. The van der Waals surface area contributed by atoms with Gasteiger partial charge in [0.2, 0.25) is 0 Å². The lowest BCUT2D eigenvalue weighted by molar-refractivity contribution is -0.142. The predicted octanol–water partition coefficient (Wildman–Crippen LogP) is 0.572. The second-order valence-electron chi connectivity index (χ2n) is 3.38. The molecular weight excluding hydrogens is 170 g/mol. The molecule has 0 saturated carbocycles. The van der Waals surface area contributed by atoms with Gasteiger partial charge in [0.25, 0.3) is 0 Å². The molecule has 4 nitrogen and oxygen atoms in total. The summed E-state index contributed by atoms with van der Waals surface area (Å²) >= 11 is 0. The zero-order chi connectivity index (χ0) is 9.68.